The van der Waals surface area contributed by atoms with Crippen LogP contribution in [0.25, 0.3) is 0 Å². The van der Waals surface area contributed by atoms with Gasteiger partial charge in [-0.25, -0.2) is 0 Å². The Labute approximate surface area is 153 Å². The summed E-state index contributed by atoms with van der Waals surface area (Å²) >= 11 is 2.29. The first kappa shape index (κ1) is 15.8. The van der Waals surface area contributed by atoms with Crippen LogP contribution >= 0.6 is 22.6 Å². The first-order valence-electron chi connectivity index (χ1n) is 7.82. The van der Waals surface area contributed by atoms with Gasteiger partial charge in [0.05, 0.1) is 13.2 Å². The molecule has 1 aromatic carbocycles. The van der Waals surface area contributed by atoms with Crippen LogP contribution in [0, 0.1) is 3.57 Å². The van der Waals surface area contributed by atoms with Crippen molar-refractivity contribution in [2.24, 2.45) is 0 Å². The van der Waals surface area contributed by atoms with Crippen molar-refractivity contribution in [2.45, 2.75) is 6.54 Å². The zero-order chi connectivity index (χ0) is 16.5. The Morgan fingerprint density at radius 3 is 2.71 bits per heavy atom. The maximum absolute atomic E-state index is 12.7. The molecule has 0 spiro atoms. The molecule has 2 aliphatic heterocycles. The quantitative estimate of drug-likeness (QED) is 0.688. The van der Waals surface area contributed by atoms with E-state index in [4.69, 9.17) is 14.2 Å². The molecular weight excluding hydrogens is 423 g/mol. The van der Waals surface area contributed by atoms with Crippen LogP contribution in [0.4, 0.5) is 0 Å². The topological polar surface area (TPSA) is 52.9 Å². The van der Waals surface area contributed by atoms with Gasteiger partial charge in [0.15, 0.2) is 11.5 Å². The largest absolute Gasteiger partial charge is 0.454 e. The molecule has 3 heterocycles. The van der Waals surface area contributed by atoms with E-state index in [-0.39, 0.29) is 12.7 Å². The van der Waals surface area contributed by atoms with Crippen LogP contribution in [0.1, 0.15) is 16.1 Å². The fourth-order valence-electron chi connectivity index (χ4n) is 2.94. The predicted octanol–water partition coefficient (Wildman–Crippen LogP) is 2.34. The molecule has 6 nitrogen and oxygen atoms in total. The summed E-state index contributed by atoms with van der Waals surface area (Å²) < 4.78 is 19.3. The average molecular weight is 440 g/mol. The maximum atomic E-state index is 12.7. The Hall–Kier alpha value is -1.74. The van der Waals surface area contributed by atoms with Crippen LogP contribution in [-0.2, 0) is 11.3 Å². The van der Waals surface area contributed by atoms with E-state index in [1.807, 2.05) is 39.9 Å². The molecule has 0 aliphatic carbocycles. The summed E-state index contributed by atoms with van der Waals surface area (Å²) in [5, 5.41) is 0. The Kier molecular flexibility index (Phi) is 4.36. The predicted molar refractivity (Wildman–Crippen MR) is 95.5 cm³/mol. The van der Waals surface area contributed by atoms with Gasteiger partial charge in [0.1, 0.15) is 5.69 Å². The van der Waals surface area contributed by atoms with Crippen molar-refractivity contribution in [3.05, 3.63) is 45.3 Å². The molecule has 1 amide bonds. The first-order chi connectivity index (χ1) is 11.7. The molecule has 0 bridgehead atoms. The summed E-state index contributed by atoms with van der Waals surface area (Å²) in [5.41, 5.74) is 1.80. The minimum absolute atomic E-state index is 0.0547. The fourth-order valence-corrected chi connectivity index (χ4v) is 3.55. The molecule has 0 N–H and O–H groups in total. The molecule has 7 heteroatoms. The number of hydrogen-bond donors (Lipinski definition) is 0. The van der Waals surface area contributed by atoms with Gasteiger partial charge in [-0.05, 0) is 52.4 Å². The molecule has 24 heavy (non-hydrogen) atoms. The Balaban J connectivity index is 1.58. The normalized spacial score (nSPS) is 16.5. The van der Waals surface area contributed by atoms with E-state index in [2.05, 4.69) is 22.6 Å². The molecule has 1 aromatic heterocycles. The SMILES string of the molecule is O=C(c1cccn1Cc1cc2c(cc1I)OCO2)N1CCOCC1. The number of ether oxygens (including phenoxy) is 3. The number of halogens is 1. The van der Waals surface area contributed by atoms with E-state index in [0.29, 0.717) is 38.5 Å². The van der Waals surface area contributed by atoms with Crippen molar-refractivity contribution >= 4 is 28.5 Å². The molecule has 0 unspecified atom stereocenters. The lowest BCUT2D eigenvalue weighted by molar-refractivity contribution is 0.0296. The number of morpholine rings is 1. The summed E-state index contributed by atoms with van der Waals surface area (Å²) in [6.07, 6.45) is 1.94. The molecule has 2 aliphatic rings. The van der Waals surface area contributed by atoms with Crippen LogP contribution < -0.4 is 9.47 Å². The summed E-state index contributed by atoms with van der Waals surface area (Å²) in [5.74, 6) is 1.60. The molecule has 4 rings (SSSR count). The van der Waals surface area contributed by atoms with Crippen LogP contribution in [0.3, 0.4) is 0 Å². The smallest absolute Gasteiger partial charge is 0.270 e. The van der Waals surface area contributed by atoms with Gasteiger partial charge in [-0.2, -0.15) is 0 Å². The van der Waals surface area contributed by atoms with Gasteiger partial charge >= 0.3 is 0 Å². The molecular formula is C17H17IN2O4. The Morgan fingerprint density at radius 1 is 1.17 bits per heavy atom. The highest BCUT2D eigenvalue weighted by Crippen LogP contribution is 2.35. The summed E-state index contributed by atoms with van der Waals surface area (Å²) in [6.45, 7) is 3.38. The summed E-state index contributed by atoms with van der Waals surface area (Å²) in [4.78, 5) is 14.6. The average Bonchev–Trinajstić information content (AvgIpc) is 3.24. The highest BCUT2D eigenvalue weighted by atomic mass is 127. The Bertz CT molecular complexity index is 768. The molecule has 1 fully saturated rings. The third kappa shape index (κ3) is 2.98. The minimum atomic E-state index is 0.0547. The second kappa shape index (κ2) is 6.64. The van der Waals surface area contributed by atoms with Crippen molar-refractivity contribution in [2.75, 3.05) is 33.1 Å². The zero-order valence-corrected chi connectivity index (χ0v) is 15.2. The van der Waals surface area contributed by atoms with Gasteiger partial charge in [-0.1, -0.05) is 0 Å². The van der Waals surface area contributed by atoms with Crippen molar-refractivity contribution in [1.29, 1.82) is 0 Å². The van der Waals surface area contributed by atoms with Crippen LogP contribution in [0.5, 0.6) is 11.5 Å². The second-order valence-electron chi connectivity index (χ2n) is 5.72. The highest BCUT2D eigenvalue weighted by Gasteiger charge is 2.22. The number of carbonyl (C=O) groups excluding carboxylic acids is 1. The van der Waals surface area contributed by atoms with E-state index in [0.717, 1.165) is 20.6 Å². The molecule has 0 saturated carbocycles. The molecule has 1 saturated heterocycles. The highest BCUT2D eigenvalue weighted by molar-refractivity contribution is 14.1. The van der Waals surface area contributed by atoms with Gasteiger partial charge in [0.2, 0.25) is 6.79 Å². The monoisotopic (exact) mass is 440 g/mol. The van der Waals surface area contributed by atoms with Crippen LogP contribution in [0.15, 0.2) is 30.5 Å². The van der Waals surface area contributed by atoms with E-state index in [1.165, 1.54) is 0 Å². The number of amides is 1. The first-order valence-corrected chi connectivity index (χ1v) is 8.90. The maximum Gasteiger partial charge on any atom is 0.270 e. The summed E-state index contributed by atoms with van der Waals surface area (Å²) in [6, 6.07) is 7.75. The number of aromatic nitrogens is 1. The third-order valence-corrected chi connectivity index (χ3v) is 5.23. The van der Waals surface area contributed by atoms with Crippen molar-refractivity contribution < 1.29 is 19.0 Å². The van der Waals surface area contributed by atoms with Crippen molar-refractivity contribution in [3.63, 3.8) is 0 Å². The van der Waals surface area contributed by atoms with Gasteiger partial charge in [-0.15, -0.1) is 0 Å². The van der Waals surface area contributed by atoms with Crippen molar-refractivity contribution in [1.82, 2.24) is 9.47 Å². The Morgan fingerprint density at radius 2 is 1.92 bits per heavy atom. The standard InChI is InChI=1S/C17H17IN2O4/c18-13-9-16-15(23-11-24-16)8-12(13)10-20-3-1-2-14(20)17(21)19-4-6-22-7-5-19/h1-3,8-9H,4-7,10-11H2. The lowest BCUT2D eigenvalue weighted by Gasteiger charge is -2.27. The molecule has 2 aromatic rings. The van der Waals surface area contributed by atoms with Crippen molar-refractivity contribution in [3.8, 4) is 11.5 Å². The number of rotatable bonds is 3. The lowest BCUT2D eigenvalue weighted by Crippen LogP contribution is -2.41. The number of fused-ring (bicyclic) bond motifs is 1. The summed E-state index contributed by atoms with van der Waals surface area (Å²) in [7, 11) is 0. The van der Waals surface area contributed by atoms with Gasteiger partial charge in [0, 0.05) is 29.4 Å². The molecule has 0 atom stereocenters. The van der Waals surface area contributed by atoms with E-state index >= 15 is 0 Å². The fraction of sp³-hybridized carbons (Fsp3) is 0.353. The second-order valence-corrected chi connectivity index (χ2v) is 6.88. The van der Waals surface area contributed by atoms with Gasteiger partial charge < -0.3 is 23.7 Å². The van der Waals surface area contributed by atoms with Crippen LogP contribution in [0.2, 0.25) is 0 Å². The van der Waals surface area contributed by atoms with E-state index < -0.39 is 0 Å². The number of carbonyl (C=O) groups is 1. The van der Waals surface area contributed by atoms with Gasteiger partial charge in [0.25, 0.3) is 5.91 Å². The van der Waals surface area contributed by atoms with Gasteiger partial charge in [-0.3, -0.25) is 4.79 Å². The van der Waals surface area contributed by atoms with Crippen LogP contribution in [-0.4, -0.2) is 48.5 Å². The zero-order valence-electron chi connectivity index (χ0n) is 13.0. The third-order valence-electron chi connectivity index (χ3n) is 4.23. The lowest BCUT2D eigenvalue weighted by atomic mass is 10.2. The number of hydrogen-bond acceptors (Lipinski definition) is 4. The minimum Gasteiger partial charge on any atom is -0.454 e. The van der Waals surface area contributed by atoms with E-state index in [1.54, 1.807) is 0 Å². The number of nitrogens with zero attached hydrogens (tertiary/aromatic N) is 2. The molecule has 126 valence electrons. The molecule has 0 radical (unpaired) electrons. The number of benzene rings is 1. The van der Waals surface area contributed by atoms with E-state index in [9.17, 15) is 4.79 Å².